The molecule has 2 aromatic heterocycles. The first-order valence-electron chi connectivity index (χ1n) is 8.33. The van der Waals surface area contributed by atoms with Gasteiger partial charge in [-0.1, -0.05) is 6.92 Å². The van der Waals surface area contributed by atoms with Gasteiger partial charge in [-0.25, -0.2) is 23.1 Å². The zero-order chi connectivity index (χ0) is 17.9. The van der Waals surface area contributed by atoms with Crippen molar-refractivity contribution in [3.63, 3.8) is 0 Å². The number of imidazole rings is 1. The van der Waals surface area contributed by atoms with Crippen molar-refractivity contribution in [1.29, 1.82) is 0 Å². The Balaban J connectivity index is 2.31. The molecule has 0 radical (unpaired) electrons. The minimum absolute atomic E-state index is 0.140. The lowest BCUT2D eigenvalue weighted by atomic mass is 10.2. The van der Waals surface area contributed by atoms with E-state index in [1.807, 2.05) is 13.8 Å². The summed E-state index contributed by atoms with van der Waals surface area (Å²) in [6, 6.07) is 0. The molecule has 0 spiro atoms. The summed E-state index contributed by atoms with van der Waals surface area (Å²) in [6.07, 6.45) is 3.22. The van der Waals surface area contributed by atoms with Crippen molar-refractivity contribution in [1.82, 2.24) is 19.3 Å². The molecule has 0 aromatic carbocycles. The molecule has 24 heavy (non-hydrogen) atoms. The Kier molecular flexibility index (Phi) is 5.82. The van der Waals surface area contributed by atoms with E-state index in [-0.39, 0.29) is 5.75 Å². The van der Waals surface area contributed by atoms with Crippen molar-refractivity contribution in [2.75, 3.05) is 18.5 Å². The predicted octanol–water partition coefficient (Wildman–Crippen LogP) is 1.91. The average molecular weight is 353 g/mol. The van der Waals surface area contributed by atoms with Crippen LogP contribution in [0.4, 0.5) is 5.82 Å². The number of hydrogen-bond acceptors (Lipinski definition) is 5. The van der Waals surface area contributed by atoms with Crippen LogP contribution in [-0.4, -0.2) is 35.8 Å². The third kappa shape index (κ3) is 3.87. The Hall–Kier alpha value is -1.67. The third-order valence-corrected chi connectivity index (χ3v) is 5.75. The van der Waals surface area contributed by atoms with Gasteiger partial charge in [0.15, 0.2) is 5.82 Å². The largest absolute Gasteiger partial charge is 0.382 e. The number of unbranched alkanes of at least 4 members (excludes halogenated alkanes) is 1. The van der Waals surface area contributed by atoms with Crippen LogP contribution in [0.5, 0.6) is 0 Å². The molecule has 0 atom stereocenters. The number of anilines is 1. The maximum absolute atomic E-state index is 11.5. The Bertz CT molecular complexity index is 827. The van der Waals surface area contributed by atoms with Crippen molar-refractivity contribution in [3.8, 4) is 0 Å². The maximum atomic E-state index is 11.5. The van der Waals surface area contributed by atoms with Crippen LogP contribution in [0.25, 0.3) is 11.0 Å². The van der Waals surface area contributed by atoms with Crippen LogP contribution in [0.15, 0.2) is 0 Å². The molecular formula is C16H27N5O2S. The van der Waals surface area contributed by atoms with Gasteiger partial charge in [0, 0.05) is 18.7 Å². The van der Waals surface area contributed by atoms with Gasteiger partial charge >= 0.3 is 0 Å². The number of hydrogen-bond donors (Lipinski definition) is 2. The second-order valence-electron chi connectivity index (χ2n) is 6.06. The van der Waals surface area contributed by atoms with Crippen LogP contribution in [0.1, 0.15) is 43.3 Å². The summed E-state index contributed by atoms with van der Waals surface area (Å²) in [7, 11) is -1.71. The smallest absolute Gasteiger partial charge is 0.211 e. The topological polar surface area (TPSA) is 103 Å². The fourth-order valence-electron chi connectivity index (χ4n) is 2.87. The average Bonchev–Trinajstić information content (AvgIpc) is 2.89. The Labute approximate surface area is 143 Å². The van der Waals surface area contributed by atoms with E-state index >= 15 is 0 Å². The maximum Gasteiger partial charge on any atom is 0.211 e. The molecule has 8 heteroatoms. The molecule has 0 aliphatic heterocycles. The minimum atomic E-state index is -3.15. The van der Waals surface area contributed by atoms with Gasteiger partial charge in [-0.15, -0.1) is 0 Å². The fraction of sp³-hybridized carbons (Fsp3) is 0.625. The van der Waals surface area contributed by atoms with Gasteiger partial charge in [-0.2, -0.15) is 0 Å². The SMILES string of the molecule is CCCc1nc2c(N)nc(C)c(C)c2n1CCCCS(=O)(=O)NC. The number of fused-ring (bicyclic) bond motifs is 1. The second-order valence-corrected chi connectivity index (χ2v) is 8.11. The van der Waals surface area contributed by atoms with Crippen LogP contribution in [0.2, 0.25) is 0 Å². The summed E-state index contributed by atoms with van der Waals surface area (Å²) in [5, 5.41) is 0. The molecular weight excluding hydrogens is 326 g/mol. The van der Waals surface area contributed by atoms with E-state index in [2.05, 4.69) is 21.2 Å². The molecule has 0 saturated carbocycles. The van der Waals surface area contributed by atoms with Crippen LogP contribution < -0.4 is 10.5 Å². The summed E-state index contributed by atoms with van der Waals surface area (Å²) in [5.74, 6) is 1.59. The molecule has 0 amide bonds. The van der Waals surface area contributed by atoms with Crippen LogP contribution >= 0.6 is 0 Å². The third-order valence-electron chi connectivity index (χ3n) is 4.30. The van der Waals surface area contributed by atoms with Crippen LogP contribution in [0, 0.1) is 13.8 Å². The molecule has 134 valence electrons. The molecule has 0 unspecified atom stereocenters. The lowest BCUT2D eigenvalue weighted by molar-refractivity contribution is 0.573. The molecule has 0 aliphatic carbocycles. The minimum Gasteiger partial charge on any atom is -0.382 e. The monoisotopic (exact) mass is 353 g/mol. The summed E-state index contributed by atoms with van der Waals surface area (Å²) < 4.78 is 27.6. The number of aromatic nitrogens is 3. The quantitative estimate of drug-likeness (QED) is 0.706. The Morgan fingerprint density at radius 1 is 1.21 bits per heavy atom. The van der Waals surface area contributed by atoms with E-state index in [0.29, 0.717) is 12.2 Å². The highest BCUT2D eigenvalue weighted by Crippen LogP contribution is 2.27. The fourth-order valence-corrected chi connectivity index (χ4v) is 3.65. The van der Waals surface area contributed by atoms with E-state index in [9.17, 15) is 8.42 Å². The van der Waals surface area contributed by atoms with Crippen LogP contribution in [-0.2, 0) is 23.0 Å². The number of aryl methyl sites for hydroxylation is 4. The summed E-state index contributed by atoms with van der Waals surface area (Å²) in [5.41, 5.74) is 9.83. The zero-order valence-electron chi connectivity index (χ0n) is 14.9. The van der Waals surface area contributed by atoms with Crippen LogP contribution in [0.3, 0.4) is 0 Å². The first-order valence-corrected chi connectivity index (χ1v) is 9.99. The lowest BCUT2D eigenvalue weighted by Crippen LogP contribution is -2.22. The van der Waals surface area contributed by atoms with E-state index in [1.165, 1.54) is 7.05 Å². The van der Waals surface area contributed by atoms with E-state index < -0.39 is 10.0 Å². The van der Waals surface area contributed by atoms with Gasteiger partial charge in [0.2, 0.25) is 10.0 Å². The van der Waals surface area contributed by atoms with Gasteiger partial charge in [0.1, 0.15) is 11.3 Å². The van der Waals surface area contributed by atoms with E-state index in [0.717, 1.165) is 53.9 Å². The number of rotatable bonds is 8. The number of sulfonamides is 1. The van der Waals surface area contributed by atoms with Gasteiger partial charge in [0.25, 0.3) is 0 Å². The number of nitrogens with one attached hydrogen (secondary N) is 1. The van der Waals surface area contributed by atoms with Gasteiger partial charge < -0.3 is 10.3 Å². The normalized spacial score (nSPS) is 12.2. The van der Waals surface area contributed by atoms with E-state index in [4.69, 9.17) is 10.7 Å². The zero-order valence-corrected chi connectivity index (χ0v) is 15.7. The highest BCUT2D eigenvalue weighted by Gasteiger charge is 2.17. The summed E-state index contributed by atoms with van der Waals surface area (Å²) in [4.78, 5) is 9.06. The number of nitrogen functional groups attached to an aromatic ring is 1. The highest BCUT2D eigenvalue weighted by molar-refractivity contribution is 7.89. The van der Waals surface area contributed by atoms with E-state index in [1.54, 1.807) is 0 Å². The highest BCUT2D eigenvalue weighted by atomic mass is 32.2. The van der Waals surface area contributed by atoms with Crippen molar-refractivity contribution in [2.45, 2.75) is 53.0 Å². The van der Waals surface area contributed by atoms with Gasteiger partial charge in [0.05, 0.1) is 11.3 Å². The molecule has 0 bridgehead atoms. The molecule has 2 heterocycles. The molecule has 7 nitrogen and oxygen atoms in total. The molecule has 0 fully saturated rings. The molecule has 3 N–H and O–H groups in total. The lowest BCUT2D eigenvalue weighted by Gasteiger charge is -2.11. The van der Waals surface area contributed by atoms with Crippen molar-refractivity contribution in [2.24, 2.45) is 0 Å². The summed E-state index contributed by atoms with van der Waals surface area (Å²) >= 11 is 0. The Morgan fingerprint density at radius 2 is 1.92 bits per heavy atom. The molecule has 2 rings (SSSR count). The standard InChI is InChI=1S/C16H27N5O2S/c1-5-8-13-20-14-15(11(2)12(3)19-16(14)17)21(13)9-6-7-10-24(22,23)18-4/h18H,5-10H2,1-4H3,(H2,17,19). The number of nitrogens with two attached hydrogens (primary N) is 1. The molecule has 0 aliphatic rings. The van der Waals surface area contributed by atoms with Crippen molar-refractivity contribution >= 4 is 26.9 Å². The molecule has 0 saturated heterocycles. The predicted molar refractivity (Wildman–Crippen MR) is 97.5 cm³/mol. The summed E-state index contributed by atoms with van der Waals surface area (Å²) in [6.45, 7) is 6.82. The van der Waals surface area contributed by atoms with Gasteiger partial charge in [-0.3, -0.25) is 0 Å². The number of nitrogens with zero attached hydrogens (tertiary/aromatic N) is 3. The van der Waals surface area contributed by atoms with Crippen molar-refractivity contribution < 1.29 is 8.42 Å². The first kappa shape index (κ1) is 18.7. The van der Waals surface area contributed by atoms with Gasteiger partial charge in [-0.05, 0) is 45.7 Å². The molecule has 2 aromatic rings. The first-order chi connectivity index (χ1) is 11.3. The number of pyridine rings is 1. The Morgan fingerprint density at radius 3 is 2.54 bits per heavy atom. The second kappa shape index (κ2) is 7.48. The van der Waals surface area contributed by atoms with Crippen molar-refractivity contribution in [3.05, 3.63) is 17.1 Å².